The van der Waals surface area contributed by atoms with Crippen LogP contribution in [0.5, 0.6) is 0 Å². The molecule has 142 valence electrons. The van der Waals surface area contributed by atoms with Gasteiger partial charge in [0.2, 0.25) is 11.8 Å². The van der Waals surface area contributed by atoms with E-state index < -0.39 is 0 Å². The van der Waals surface area contributed by atoms with Gasteiger partial charge in [-0.3, -0.25) is 9.59 Å². The molecule has 0 aromatic rings. The van der Waals surface area contributed by atoms with Crippen LogP contribution in [0.25, 0.3) is 0 Å². The number of amides is 2. The summed E-state index contributed by atoms with van der Waals surface area (Å²) in [7, 11) is 0. The molecule has 2 N–H and O–H groups in total. The van der Waals surface area contributed by atoms with Crippen LogP contribution in [-0.4, -0.2) is 38.1 Å². The molecule has 0 saturated heterocycles. The van der Waals surface area contributed by atoms with Gasteiger partial charge in [-0.1, -0.05) is 46.5 Å². The highest BCUT2D eigenvalue weighted by Crippen LogP contribution is 2.11. The molecule has 0 fully saturated rings. The van der Waals surface area contributed by atoms with Crippen LogP contribution in [0.4, 0.5) is 0 Å². The first-order chi connectivity index (χ1) is 11.6. The molecule has 0 aliphatic rings. The number of ether oxygens (including phenoxy) is 1. The molecule has 5 nitrogen and oxygen atoms in total. The maximum atomic E-state index is 11.8. The van der Waals surface area contributed by atoms with Crippen LogP contribution in [-0.2, 0) is 14.3 Å². The van der Waals surface area contributed by atoms with Gasteiger partial charge in [0, 0.05) is 39.1 Å². The lowest BCUT2D eigenvalue weighted by molar-refractivity contribution is -0.126. The van der Waals surface area contributed by atoms with Crippen molar-refractivity contribution >= 4 is 11.8 Å². The van der Waals surface area contributed by atoms with Crippen molar-refractivity contribution in [1.82, 2.24) is 10.6 Å². The molecule has 0 aromatic heterocycles. The zero-order valence-electron chi connectivity index (χ0n) is 16.0. The quantitative estimate of drug-likeness (QED) is 0.422. The first-order valence-electron chi connectivity index (χ1n) is 9.75. The van der Waals surface area contributed by atoms with Gasteiger partial charge < -0.3 is 15.4 Å². The number of carbonyl (C=O) groups excluding carboxylic acids is 2. The summed E-state index contributed by atoms with van der Waals surface area (Å²) in [4.78, 5) is 23.5. The predicted octanol–water partition coefficient (Wildman–Crippen LogP) is 3.42. The highest BCUT2D eigenvalue weighted by Gasteiger charge is 2.10. The fourth-order valence-corrected chi connectivity index (χ4v) is 2.36. The summed E-state index contributed by atoms with van der Waals surface area (Å²) in [5, 5.41) is 5.79. The zero-order valence-corrected chi connectivity index (χ0v) is 16.0. The minimum atomic E-state index is -0.0586. The Kier molecular flexibility index (Phi) is 16.0. The molecule has 5 heteroatoms. The third-order valence-electron chi connectivity index (χ3n) is 4.14. The van der Waals surface area contributed by atoms with Crippen molar-refractivity contribution in [3.63, 3.8) is 0 Å². The molecular formula is C19H38N2O3. The normalized spacial score (nSPS) is 12.0. The molecule has 0 aliphatic carbocycles. The Labute approximate surface area is 148 Å². The minimum Gasteiger partial charge on any atom is -0.381 e. The number of hydrogen-bond donors (Lipinski definition) is 2. The van der Waals surface area contributed by atoms with Crippen molar-refractivity contribution in [3.05, 3.63) is 0 Å². The summed E-state index contributed by atoms with van der Waals surface area (Å²) in [5.74, 6) is 0.468. The number of rotatable bonds is 16. The third kappa shape index (κ3) is 14.5. The van der Waals surface area contributed by atoms with Gasteiger partial charge in [-0.15, -0.1) is 0 Å². The number of carbonyl (C=O) groups is 2. The fraction of sp³-hybridized carbons (Fsp3) is 0.895. The molecule has 0 heterocycles. The van der Waals surface area contributed by atoms with E-state index in [2.05, 4.69) is 31.4 Å². The summed E-state index contributed by atoms with van der Waals surface area (Å²) >= 11 is 0. The maximum absolute atomic E-state index is 11.8. The van der Waals surface area contributed by atoms with Crippen LogP contribution < -0.4 is 10.6 Å². The molecule has 0 aromatic carbocycles. The summed E-state index contributed by atoms with van der Waals surface area (Å²) in [6, 6.07) is 0. The Morgan fingerprint density at radius 2 is 1.50 bits per heavy atom. The van der Waals surface area contributed by atoms with E-state index >= 15 is 0 Å². The van der Waals surface area contributed by atoms with E-state index in [4.69, 9.17) is 4.74 Å². The van der Waals surface area contributed by atoms with Crippen molar-refractivity contribution in [2.45, 2.75) is 78.6 Å². The second kappa shape index (κ2) is 16.7. The van der Waals surface area contributed by atoms with Gasteiger partial charge in [0.15, 0.2) is 0 Å². The number of hydrogen-bond acceptors (Lipinski definition) is 3. The maximum Gasteiger partial charge on any atom is 0.220 e. The van der Waals surface area contributed by atoms with Crippen LogP contribution in [0, 0.1) is 5.92 Å². The highest BCUT2D eigenvalue weighted by molar-refractivity contribution is 5.83. The third-order valence-corrected chi connectivity index (χ3v) is 4.14. The lowest BCUT2D eigenvalue weighted by atomic mass is 9.99. The molecule has 1 atom stereocenters. The zero-order chi connectivity index (χ0) is 18.0. The van der Waals surface area contributed by atoms with Crippen LogP contribution in [0.15, 0.2) is 0 Å². The molecule has 0 bridgehead atoms. The lowest BCUT2D eigenvalue weighted by Crippen LogP contribution is -2.31. The first kappa shape index (κ1) is 22.9. The van der Waals surface area contributed by atoms with E-state index in [0.717, 1.165) is 45.3 Å². The summed E-state index contributed by atoms with van der Waals surface area (Å²) < 4.78 is 5.43. The average Bonchev–Trinajstić information content (AvgIpc) is 2.59. The van der Waals surface area contributed by atoms with Crippen LogP contribution in [0.3, 0.4) is 0 Å². The minimum absolute atomic E-state index is 0.0250. The molecule has 0 saturated carbocycles. The van der Waals surface area contributed by atoms with Crippen LogP contribution >= 0.6 is 0 Å². The van der Waals surface area contributed by atoms with Crippen LogP contribution in [0.1, 0.15) is 78.6 Å². The van der Waals surface area contributed by atoms with E-state index in [0.29, 0.717) is 19.1 Å². The van der Waals surface area contributed by atoms with Gasteiger partial charge in [0.1, 0.15) is 0 Å². The standard InChI is InChI=1S/C19H38N2O3/c1-4-7-10-17(6-3)16-21-19(23)12-11-18(22)20-13-9-15-24-14-8-5-2/h17H,4-16H2,1-3H3,(H,20,22)(H,21,23)/t17-/m0/s1. The topological polar surface area (TPSA) is 67.4 Å². The van der Waals surface area contributed by atoms with Crippen molar-refractivity contribution in [2.24, 2.45) is 5.92 Å². The van der Waals surface area contributed by atoms with Gasteiger partial charge in [-0.05, 0) is 25.2 Å². The lowest BCUT2D eigenvalue weighted by Gasteiger charge is -2.15. The van der Waals surface area contributed by atoms with Crippen molar-refractivity contribution in [3.8, 4) is 0 Å². The molecule has 0 unspecified atom stereocenters. The van der Waals surface area contributed by atoms with Crippen LogP contribution in [0.2, 0.25) is 0 Å². The Bertz CT molecular complexity index is 322. The summed E-state index contributed by atoms with van der Waals surface area (Å²) in [5.41, 5.74) is 0. The van der Waals surface area contributed by atoms with Gasteiger partial charge in [0.25, 0.3) is 0 Å². The van der Waals surface area contributed by atoms with Crippen molar-refractivity contribution in [1.29, 1.82) is 0 Å². The second-order valence-electron chi connectivity index (χ2n) is 6.39. The van der Waals surface area contributed by atoms with Gasteiger partial charge >= 0.3 is 0 Å². The molecule has 0 rings (SSSR count). The average molecular weight is 343 g/mol. The van der Waals surface area contributed by atoms with Crippen molar-refractivity contribution < 1.29 is 14.3 Å². The predicted molar refractivity (Wildman–Crippen MR) is 98.9 cm³/mol. The Hall–Kier alpha value is -1.10. The Balaban J connectivity index is 3.58. The smallest absolute Gasteiger partial charge is 0.220 e. The summed E-state index contributed by atoms with van der Waals surface area (Å²) in [6.45, 7) is 9.28. The van der Waals surface area contributed by atoms with E-state index in [1.165, 1.54) is 12.8 Å². The van der Waals surface area contributed by atoms with Crippen molar-refractivity contribution in [2.75, 3.05) is 26.3 Å². The summed E-state index contributed by atoms with van der Waals surface area (Å²) in [6.07, 6.45) is 8.20. The molecule has 2 amide bonds. The Morgan fingerprint density at radius 1 is 0.875 bits per heavy atom. The van der Waals surface area contributed by atoms with Gasteiger partial charge in [-0.2, -0.15) is 0 Å². The number of nitrogens with one attached hydrogen (secondary N) is 2. The second-order valence-corrected chi connectivity index (χ2v) is 6.39. The molecule has 0 aliphatic heterocycles. The highest BCUT2D eigenvalue weighted by atomic mass is 16.5. The molecule has 0 radical (unpaired) electrons. The molecular weight excluding hydrogens is 304 g/mol. The molecule has 24 heavy (non-hydrogen) atoms. The molecule has 0 spiro atoms. The first-order valence-corrected chi connectivity index (χ1v) is 9.75. The van der Waals surface area contributed by atoms with E-state index in [-0.39, 0.29) is 24.7 Å². The monoisotopic (exact) mass is 342 g/mol. The number of unbranched alkanes of at least 4 members (excludes halogenated alkanes) is 2. The van der Waals surface area contributed by atoms with E-state index in [1.54, 1.807) is 0 Å². The fourth-order valence-electron chi connectivity index (χ4n) is 2.36. The van der Waals surface area contributed by atoms with Gasteiger partial charge in [0.05, 0.1) is 0 Å². The SMILES string of the molecule is CCCCOCCCNC(=O)CCC(=O)NC[C@@H](CC)CCCC. The van der Waals surface area contributed by atoms with E-state index in [9.17, 15) is 9.59 Å². The Morgan fingerprint density at radius 3 is 2.12 bits per heavy atom. The largest absolute Gasteiger partial charge is 0.381 e. The van der Waals surface area contributed by atoms with E-state index in [1.807, 2.05) is 0 Å². The van der Waals surface area contributed by atoms with Gasteiger partial charge in [-0.25, -0.2) is 0 Å².